The molecule has 1 aromatic rings. The highest BCUT2D eigenvalue weighted by Crippen LogP contribution is 2.42. The molecular weight excluding hydrogens is 376 g/mol. The lowest BCUT2D eigenvalue weighted by Crippen LogP contribution is -2.33. The Morgan fingerprint density at radius 2 is 1.81 bits per heavy atom. The molecule has 1 aromatic carbocycles. The summed E-state index contributed by atoms with van der Waals surface area (Å²) < 4.78 is 5.51. The average molecular weight is 411 g/mol. The molecule has 27 heavy (non-hydrogen) atoms. The van der Waals surface area contributed by atoms with E-state index in [2.05, 4.69) is 31.1 Å². The molecule has 0 aliphatic heterocycles. The van der Waals surface area contributed by atoms with Crippen molar-refractivity contribution in [2.24, 2.45) is 0 Å². The molecule has 2 atom stereocenters. The number of nitrogens with zero attached hydrogens (tertiary/aromatic N) is 2. The summed E-state index contributed by atoms with van der Waals surface area (Å²) >= 11 is 3.78. The van der Waals surface area contributed by atoms with Crippen LogP contribution in [0.3, 0.4) is 0 Å². The monoisotopic (exact) mass is 410 g/mol. The van der Waals surface area contributed by atoms with Crippen LogP contribution >= 0.6 is 23.5 Å². The lowest BCUT2D eigenvalue weighted by molar-refractivity contribution is -0.127. The van der Waals surface area contributed by atoms with E-state index in [1.54, 1.807) is 7.11 Å². The molecule has 0 N–H and O–H groups in total. The predicted octanol–water partition coefficient (Wildman–Crippen LogP) is 4.24. The Balaban J connectivity index is 1.85. The molecule has 1 aliphatic rings. The van der Waals surface area contributed by atoms with Crippen molar-refractivity contribution < 1.29 is 9.53 Å². The normalized spacial score (nSPS) is 19.9. The van der Waals surface area contributed by atoms with E-state index in [4.69, 9.17) is 4.74 Å². The van der Waals surface area contributed by atoms with E-state index in [0.717, 1.165) is 25.3 Å². The zero-order valence-electron chi connectivity index (χ0n) is 17.1. The van der Waals surface area contributed by atoms with Crippen molar-refractivity contribution >= 4 is 29.4 Å². The molecule has 0 aromatic heterocycles. The molecule has 2 unspecified atom stereocenters. The van der Waals surface area contributed by atoms with Crippen molar-refractivity contribution in [2.45, 2.75) is 47.5 Å². The number of methoxy groups -OCH3 is 1. The quantitative estimate of drug-likeness (QED) is 0.576. The molecule has 0 heterocycles. The number of para-hydroxylation sites is 1. The van der Waals surface area contributed by atoms with E-state index in [1.165, 1.54) is 30.6 Å². The highest BCUT2D eigenvalue weighted by atomic mass is 32.2. The molecule has 2 rings (SSSR count). The van der Waals surface area contributed by atoms with Gasteiger partial charge in [0.2, 0.25) is 5.91 Å². The van der Waals surface area contributed by atoms with Gasteiger partial charge in [-0.1, -0.05) is 25.0 Å². The van der Waals surface area contributed by atoms with Gasteiger partial charge in [-0.25, -0.2) is 0 Å². The van der Waals surface area contributed by atoms with Gasteiger partial charge in [0.15, 0.2) is 0 Å². The maximum atomic E-state index is 12.5. The van der Waals surface area contributed by atoms with Crippen LogP contribution in [-0.4, -0.2) is 73.3 Å². The number of carbonyl (C=O) groups is 1. The largest absolute Gasteiger partial charge is 0.496 e. The van der Waals surface area contributed by atoms with Crippen LogP contribution in [0.1, 0.15) is 32.1 Å². The van der Waals surface area contributed by atoms with Crippen LogP contribution < -0.4 is 4.74 Å². The van der Waals surface area contributed by atoms with Crippen LogP contribution in [0.15, 0.2) is 29.2 Å². The first kappa shape index (κ1) is 22.4. The molecule has 0 radical (unpaired) electrons. The molecule has 1 aliphatic carbocycles. The van der Waals surface area contributed by atoms with Gasteiger partial charge >= 0.3 is 0 Å². The lowest BCUT2D eigenvalue weighted by atomic mass is 10.00. The first-order valence-electron chi connectivity index (χ1n) is 9.81. The first-order valence-corrected chi connectivity index (χ1v) is 11.7. The van der Waals surface area contributed by atoms with E-state index < -0.39 is 0 Å². The minimum atomic E-state index is 0.255. The van der Waals surface area contributed by atoms with E-state index in [-0.39, 0.29) is 5.91 Å². The van der Waals surface area contributed by atoms with Gasteiger partial charge in [0.05, 0.1) is 12.9 Å². The fourth-order valence-electron chi connectivity index (χ4n) is 3.30. The average Bonchev–Trinajstić information content (AvgIpc) is 2.67. The summed E-state index contributed by atoms with van der Waals surface area (Å²) in [4.78, 5) is 17.8. The Labute approximate surface area is 173 Å². The van der Waals surface area contributed by atoms with Gasteiger partial charge < -0.3 is 14.5 Å². The topological polar surface area (TPSA) is 32.8 Å². The third-order valence-electron chi connectivity index (χ3n) is 4.93. The highest BCUT2D eigenvalue weighted by Gasteiger charge is 2.28. The minimum absolute atomic E-state index is 0.255. The van der Waals surface area contributed by atoms with Gasteiger partial charge in [-0.3, -0.25) is 4.79 Å². The number of benzene rings is 1. The third kappa shape index (κ3) is 7.59. The molecule has 1 amide bonds. The molecule has 0 saturated heterocycles. The Morgan fingerprint density at radius 1 is 1.11 bits per heavy atom. The van der Waals surface area contributed by atoms with Crippen LogP contribution in [0.5, 0.6) is 5.75 Å². The number of thioether (sulfide) groups is 2. The third-order valence-corrected chi connectivity index (χ3v) is 7.97. The van der Waals surface area contributed by atoms with Crippen LogP contribution in [0.4, 0.5) is 0 Å². The Bertz CT molecular complexity index is 583. The van der Waals surface area contributed by atoms with Gasteiger partial charge in [0.25, 0.3) is 0 Å². The summed E-state index contributed by atoms with van der Waals surface area (Å²) in [5.74, 6) is 1.80. The van der Waals surface area contributed by atoms with Gasteiger partial charge in [-0.2, -0.15) is 0 Å². The number of ether oxygens (including phenoxy) is 1. The molecule has 6 heteroatoms. The Kier molecular flexibility index (Phi) is 9.87. The number of rotatable bonds is 10. The second kappa shape index (κ2) is 11.9. The fraction of sp³-hybridized carbons (Fsp3) is 0.667. The summed E-state index contributed by atoms with van der Waals surface area (Å²) in [6, 6.07) is 8.26. The number of hydrogen-bond acceptors (Lipinski definition) is 5. The molecule has 0 spiro atoms. The van der Waals surface area contributed by atoms with Gasteiger partial charge in [-0.15, -0.1) is 23.5 Å². The fourth-order valence-corrected chi connectivity index (χ4v) is 6.29. The smallest absolute Gasteiger partial charge is 0.232 e. The standard InChI is InChI=1S/C21H34N2O2S2/c1-22(2)14-9-15-23(3)21(24)16-26-19-12-7-8-13-20(19)27-18-11-6-5-10-17(18)25-4/h5-6,10-11,19-20H,7-9,12-16H2,1-4H3. The first-order chi connectivity index (χ1) is 13.0. The number of amides is 1. The van der Waals surface area contributed by atoms with Crippen molar-refractivity contribution in [2.75, 3.05) is 47.1 Å². The molecule has 152 valence electrons. The number of carbonyl (C=O) groups excluding carboxylic acids is 1. The van der Waals surface area contributed by atoms with Crippen molar-refractivity contribution in [1.29, 1.82) is 0 Å². The second-order valence-electron chi connectivity index (χ2n) is 7.41. The Morgan fingerprint density at radius 3 is 2.52 bits per heavy atom. The van der Waals surface area contributed by atoms with Gasteiger partial charge in [0, 0.05) is 29.0 Å². The summed E-state index contributed by atoms with van der Waals surface area (Å²) in [5, 5.41) is 1.08. The Hall–Kier alpha value is -0.850. The van der Waals surface area contributed by atoms with Gasteiger partial charge in [-0.05, 0) is 52.0 Å². The van der Waals surface area contributed by atoms with Crippen molar-refractivity contribution in [1.82, 2.24) is 9.80 Å². The molecule has 0 bridgehead atoms. The van der Waals surface area contributed by atoms with Crippen molar-refractivity contribution in [3.05, 3.63) is 24.3 Å². The van der Waals surface area contributed by atoms with Crippen LogP contribution in [0.2, 0.25) is 0 Å². The summed E-state index contributed by atoms with van der Waals surface area (Å²) in [6.07, 6.45) is 5.99. The second-order valence-corrected chi connectivity index (χ2v) is 9.92. The molecule has 1 saturated carbocycles. The lowest BCUT2D eigenvalue weighted by Gasteiger charge is -2.31. The van der Waals surface area contributed by atoms with E-state index in [1.807, 2.05) is 47.6 Å². The van der Waals surface area contributed by atoms with Crippen LogP contribution in [0.25, 0.3) is 0 Å². The summed E-state index contributed by atoms with van der Waals surface area (Å²) in [7, 11) is 7.80. The predicted molar refractivity (Wildman–Crippen MR) is 118 cm³/mol. The van der Waals surface area contributed by atoms with E-state index in [0.29, 0.717) is 16.3 Å². The SMILES string of the molecule is COc1ccccc1SC1CCCCC1SCC(=O)N(C)CCCN(C)C. The van der Waals surface area contributed by atoms with Crippen molar-refractivity contribution in [3.63, 3.8) is 0 Å². The maximum absolute atomic E-state index is 12.5. The van der Waals surface area contributed by atoms with Gasteiger partial charge in [0.1, 0.15) is 5.75 Å². The summed E-state index contributed by atoms with van der Waals surface area (Å²) in [5.41, 5.74) is 0. The van der Waals surface area contributed by atoms with Crippen molar-refractivity contribution in [3.8, 4) is 5.75 Å². The van der Waals surface area contributed by atoms with E-state index >= 15 is 0 Å². The number of hydrogen-bond donors (Lipinski definition) is 0. The molecule has 1 fully saturated rings. The van der Waals surface area contributed by atoms with Crippen LogP contribution in [-0.2, 0) is 4.79 Å². The summed E-state index contributed by atoms with van der Waals surface area (Å²) in [6.45, 7) is 1.85. The zero-order chi connectivity index (χ0) is 19.6. The zero-order valence-corrected chi connectivity index (χ0v) is 18.8. The maximum Gasteiger partial charge on any atom is 0.232 e. The molecular formula is C21H34N2O2S2. The van der Waals surface area contributed by atoms with Crippen LogP contribution in [0, 0.1) is 0 Å². The van der Waals surface area contributed by atoms with E-state index in [9.17, 15) is 4.79 Å². The molecule has 4 nitrogen and oxygen atoms in total. The highest BCUT2D eigenvalue weighted by molar-refractivity contribution is 8.04. The minimum Gasteiger partial charge on any atom is -0.496 e.